The van der Waals surface area contributed by atoms with Crippen LogP contribution in [-0.4, -0.2) is 54.0 Å². The number of carbonyl (C=O) groups is 4. The van der Waals surface area contributed by atoms with Gasteiger partial charge in [-0.1, -0.05) is 62.4 Å². The van der Waals surface area contributed by atoms with Gasteiger partial charge in [-0.25, -0.2) is 4.39 Å². The molecule has 0 bridgehead atoms. The highest BCUT2D eigenvalue weighted by molar-refractivity contribution is 5.95. The van der Waals surface area contributed by atoms with E-state index in [0.717, 1.165) is 11.1 Å². The van der Waals surface area contributed by atoms with Crippen molar-refractivity contribution >= 4 is 23.6 Å². The molecule has 0 unspecified atom stereocenters. The van der Waals surface area contributed by atoms with Gasteiger partial charge in [-0.3, -0.25) is 19.2 Å². The molecule has 2 aromatic rings. The van der Waals surface area contributed by atoms with Gasteiger partial charge >= 0.3 is 5.97 Å². The van der Waals surface area contributed by atoms with E-state index in [0.29, 0.717) is 5.75 Å². The number of ketones is 1. The number of hydrogen-bond acceptors (Lipinski definition) is 5. The summed E-state index contributed by atoms with van der Waals surface area (Å²) in [6, 6.07) is 14.1. The van der Waals surface area contributed by atoms with Gasteiger partial charge in [-0.2, -0.15) is 0 Å². The van der Waals surface area contributed by atoms with Crippen molar-refractivity contribution in [2.24, 2.45) is 5.92 Å². The van der Waals surface area contributed by atoms with Gasteiger partial charge in [-0.05, 0) is 24.0 Å². The van der Waals surface area contributed by atoms with Crippen molar-refractivity contribution < 1.29 is 33.4 Å². The molecule has 2 rings (SSSR count). The molecule has 34 heavy (non-hydrogen) atoms. The minimum atomic E-state index is -1.52. The van der Waals surface area contributed by atoms with E-state index < -0.39 is 48.7 Å². The number of alkyl halides is 1. The Morgan fingerprint density at radius 1 is 0.941 bits per heavy atom. The molecular formula is C25H29FN2O6. The standard InChI is InChI=1S/C25H29FN2O6/c1-16(2)12-20(25(33)28-19(13-24(31)32)21(29)14-26)27-23(30)15-34-22-11-7-6-10-18(22)17-8-4-3-5-9-17/h3-11,16,19-20H,12-15H2,1-2H3,(H,27,30)(H,28,33)(H,31,32)/t19-,20-/m0/s1. The van der Waals surface area contributed by atoms with Crippen LogP contribution in [0.1, 0.15) is 26.7 Å². The van der Waals surface area contributed by atoms with Crippen molar-refractivity contribution in [3.63, 3.8) is 0 Å². The number of nitrogens with one attached hydrogen (secondary N) is 2. The van der Waals surface area contributed by atoms with Gasteiger partial charge in [-0.15, -0.1) is 0 Å². The van der Waals surface area contributed by atoms with Gasteiger partial charge in [0.2, 0.25) is 5.91 Å². The van der Waals surface area contributed by atoms with Gasteiger partial charge in [0.15, 0.2) is 12.4 Å². The molecule has 8 nitrogen and oxygen atoms in total. The summed E-state index contributed by atoms with van der Waals surface area (Å²) >= 11 is 0. The molecule has 0 aromatic heterocycles. The van der Waals surface area contributed by atoms with Crippen LogP contribution in [0.25, 0.3) is 11.1 Å². The number of amides is 2. The number of Topliss-reactive ketones (excluding diaryl/α,β-unsaturated/α-hetero) is 1. The lowest BCUT2D eigenvalue weighted by atomic mass is 10.0. The van der Waals surface area contributed by atoms with Crippen molar-refractivity contribution in [3.8, 4) is 16.9 Å². The molecule has 0 radical (unpaired) electrons. The van der Waals surface area contributed by atoms with Crippen molar-refractivity contribution in [3.05, 3.63) is 54.6 Å². The van der Waals surface area contributed by atoms with Crippen LogP contribution in [0.4, 0.5) is 4.39 Å². The molecule has 0 saturated carbocycles. The predicted octanol–water partition coefficient (Wildman–Crippen LogP) is 2.76. The summed E-state index contributed by atoms with van der Waals surface area (Å²) in [7, 11) is 0. The number of para-hydroxylation sites is 1. The summed E-state index contributed by atoms with van der Waals surface area (Å²) < 4.78 is 18.5. The van der Waals surface area contributed by atoms with Gasteiger partial charge in [0, 0.05) is 5.56 Å². The second-order valence-corrected chi connectivity index (χ2v) is 8.16. The molecule has 3 N–H and O–H groups in total. The third-order valence-corrected chi connectivity index (χ3v) is 4.91. The highest BCUT2D eigenvalue weighted by atomic mass is 19.1. The van der Waals surface area contributed by atoms with E-state index in [1.54, 1.807) is 12.1 Å². The van der Waals surface area contributed by atoms with Gasteiger partial charge in [0.1, 0.15) is 24.5 Å². The largest absolute Gasteiger partial charge is 0.483 e. The maximum Gasteiger partial charge on any atom is 0.305 e. The Morgan fingerprint density at radius 2 is 1.59 bits per heavy atom. The lowest BCUT2D eigenvalue weighted by molar-refractivity contribution is -0.140. The maximum absolute atomic E-state index is 12.8. The number of aliphatic carboxylic acids is 1. The number of rotatable bonds is 13. The number of carbonyl (C=O) groups excluding carboxylic acids is 3. The van der Waals surface area contributed by atoms with E-state index >= 15 is 0 Å². The summed E-state index contributed by atoms with van der Waals surface area (Å²) in [5.41, 5.74) is 1.71. The predicted molar refractivity (Wildman–Crippen MR) is 124 cm³/mol. The fourth-order valence-corrected chi connectivity index (χ4v) is 3.32. The quantitative estimate of drug-likeness (QED) is 0.412. The zero-order chi connectivity index (χ0) is 25.1. The van der Waals surface area contributed by atoms with Gasteiger partial charge in [0.25, 0.3) is 5.91 Å². The van der Waals surface area contributed by atoms with Crippen LogP contribution in [-0.2, 0) is 19.2 Å². The average molecular weight is 473 g/mol. The average Bonchev–Trinajstić information content (AvgIpc) is 2.81. The smallest absolute Gasteiger partial charge is 0.305 e. The molecule has 0 aliphatic heterocycles. The summed E-state index contributed by atoms with van der Waals surface area (Å²) in [5, 5.41) is 13.8. The van der Waals surface area contributed by atoms with Crippen LogP contribution >= 0.6 is 0 Å². The van der Waals surface area contributed by atoms with Crippen molar-refractivity contribution in [2.75, 3.05) is 13.3 Å². The summed E-state index contributed by atoms with van der Waals surface area (Å²) in [4.78, 5) is 48.0. The van der Waals surface area contributed by atoms with E-state index in [1.807, 2.05) is 56.3 Å². The van der Waals surface area contributed by atoms with Gasteiger partial charge in [0.05, 0.1) is 6.42 Å². The minimum absolute atomic E-state index is 0.00873. The third kappa shape index (κ3) is 8.31. The molecule has 2 aromatic carbocycles. The van der Waals surface area contributed by atoms with E-state index in [2.05, 4.69) is 10.6 Å². The first-order chi connectivity index (χ1) is 16.2. The van der Waals surface area contributed by atoms with Crippen LogP contribution < -0.4 is 15.4 Å². The molecule has 0 heterocycles. The first-order valence-electron chi connectivity index (χ1n) is 10.9. The highest BCUT2D eigenvalue weighted by Crippen LogP contribution is 2.29. The molecule has 0 fully saturated rings. The van der Waals surface area contributed by atoms with Crippen molar-refractivity contribution in [1.29, 1.82) is 0 Å². The van der Waals surface area contributed by atoms with Gasteiger partial charge < -0.3 is 20.5 Å². The molecule has 0 saturated heterocycles. The number of hydrogen-bond donors (Lipinski definition) is 3. The topological polar surface area (TPSA) is 122 Å². The van der Waals surface area contributed by atoms with Crippen molar-refractivity contribution in [2.45, 2.75) is 38.8 Å². The molecule has 2 atom stereocenters. The van der Waals surface area contributed by atoms with E-state index in [9.17, 15) is 23.6 Å². The maximum atomic E-state index is 12.8. The van der Waals surface area contributed by atoms with Crippen LogP contribution in [0, 0.1) is 5.92 Å². The number of benzene rings is 2. The molecule has 9 heteroatoms. The Bertz CT molecular complexity index is 996. The Labute approximate surface area is 197 Å². The first-order valence-corrected chi connectivity index (χ1v) is 10.9. The number of carboxylic acid groups (broad SMARTS) is 1. The van der Waals surface area contributed by atoms with Crippen LogP contribution in [0.15, 0.2) is 54.6 Å². The van der Waals surface area contributed by atoms with Crippen LogP contribution in [0.3, 0.4) is 0 Å². The first kappa shape index (κ1) is 26.5. The molecule has 2 amide bonds. The summed E-state index contributed by atoms with van der Waals surface area (Å²) in [6.07, 6.45) is -0.530. The van der Waals surface area contributed by atoms with E-state index in [1.165, 1.54) is 0 Å². The molecule has 0 aliphatic carbocycles. The highest BCUT2D eigenvalue weighted by Gasteiger charge is 2.28. The number of ether oxygens (including phenoxy) is 1. The Kier molecular flexibility index (Phi) is 10.2. The summed E-state index contributed by atoms with van der Waals surface area (Å²) in [5.74, 6) is -3.27. The second-order valence-electron chi connectivity index (χ2n) is 8.16. The van der Waals surface area contributed by atoms with Crippen LogP contribution in [0.2, 0.25) is 0 Å². The Balaban J connectivity index is 2.06. The molecular weight excluding hydrogens is 443 g/mol. The zero-order valence-electron chi connectivity index (χ0n) is 19.1. The fraction of sp³-hybridized carbons (Fsp3) is 0.360. The Morgan fingerprint density at radius 3 is 2.21 bits per heavy atom. The number of carboxylic acids is 1. The number of halogens is 1. The molecule has 182 valence electrons. The molecule has 0 spiro atoms. The normalized spacial score (nSPS) is 12.5. The monoisotopic (exact) mass is 472 g/mol. The summed E-state index contributed by atoms with van der Waals surface area (Å²) in [6.45, 7) is 1.89. The lowest BCUT2D eigenvalue weighted by Gasteiger charge is -2.23. The third-order valence-electron chi connectivity index (χ3n) is 4.91. The van der Waals surface area contributed by atoms with Crippen LogP contribution in [0.5, 0.6) is 5.75 Å². The SMILES string of the molecule is CC(C)C[C@H](NC(=O)COc1ccccc1-c1ccccc1)C(=O)N[C@@H](CC(=O)O)C(=O)CF. The fourth-order valence-electron chi connectivity index (χ4n) is 3.32. The Hall–Kier alpha value is -3.75. The van der Waals surface area contributed by atoms with Crippen molar-refractivity contribution in [1.82, 2.24) is 10.6 Å². The minimum Gasteiger partial charge on any atom is -0.483 e. The van der Waals surface area contributed by atoms with E-state index in [4.69, 9.17) is 9.84 Å². The second kappa shape index (κ2) is 13.1. The zero-order valence-corrected chi connectivity index (χ0v) is 19.1. The molecule has 0 aliphatic rings. The lowest BCUT2D eigenvalue weighted by Crippen LogP contribution is -2.53. The van der Waals surface area contributed by atoms with E-state index in [-0.39, 0.29) is 18.9 Å².